The highest BCUT2D eigenvalue weighted by atomic mass is 16.5. The molecule has 0 aromatic carbocycles. The van der Waals surface area contributed by atoms with E-state index in [1.807, 2.05) is 4.68 Å². The maximum atomic E-state index is 5.19. The summed E-state index contributed by atoms with van der Waals surface area (Å²) in [5, 5.41) is 8.16. The first-order valence-corrected chi connectivity index (χ1v) is 10.6. The molecule has 1 saturated heterocycles. The molecular formula is C21H39N5O. The van der Waals surface area contributed by atoms with E-state index in [4.69, 9.17) is 9.73 Å². The highest BCUT2D eigenvalue weighted by Crippen LogP contribution is 2.28. The second kappa shape index (κ2) is 10.7. The largest absolute Gasteiger partial charge is 0.383 e. The van der Waals surface area contributed by atoms with Crippen LogP contribution in [0.5, 0.6) is 0 Å². The van der Waals surface area contributed by atoms with Gasteiger partial charge in [-0.05, 0) is 39.0 Å². The maximum absolute atomic E-state index is 5.19. The molecule has 1 N–H and O–H groups in total. The van der Waals surface area contributed by atoms with E-state index in [1.54, 1.807) is 7.11 Å². The lowest BCUT2D eigenvalue weighted by Crippen LogP contribution is -2.40. The lowest BCUT2D eigenvalue weighted by Gasteiger charge is -2.24. The lowest BCUT2D eigenvalue weighted by molar-refractivity contribution is 0.182. The Bertz CT molecular complexity index is 606. The summed E-state index contributed by atoms with van der Waals surface area (Å²) in [6.45, 7) is 16.3. The molecular weight excluding hydrogens is 338 g/mol. The molecule has 1 aromatic heterocycles. The van der Waals surface area contributed by atoms with Crippen LogP contribution in [0.2, 0.25) is 0 Å². The van der Waals surface area contributed by atoms with E-state index >= 15 is 0 Å². The minimum Gasteiger partial charge on any atom is -0.383 e. The molecule has 6 nitrogen and oxygen atoms in total. The molecule has 2 rings (SSSR count). The third-order valence-electron chi connectivity index (χ3n) is 6.00. The molecule has 2 heterocycles. The van der Waals surface area contributed by atoms with Crippen LogP contribution in [0.1, 0.15) is 57.0 Å². The van der Waals surface area contributed by atoms with Crippen molar-refractivity contribution in [1.29, 1.82) is 0 Å². The van der Waals surface area contributed by atoms with Crippen LogP contribution < -0.4 is 5.32 Å². The number of likely N-dealkylation sites (tertiary alicyclic amines) is 1. The van der Waals surface area contributed by atoms with Gasteiger partial charge >= 0.3 is 0 Å². The van der Waals surface area contributed by atoms with E-state index in [2.05, 4.69) is 49.9 Å². The number of hydrogen-bond donors (Lipinski definition) is 1. The van der Waals surface area contributed by atoms with Crippen LogP contribution in [-0.2, 0) is 17.8 Å². The van der Waals surface area contributed by atoms with E-state index in [9.17, 15) is 0 Å². The average molecular weight is 378 g/mol. The fraction of sp³-hybridized carbons (Fsp3) is 0.810. The molecule has 1 aliphatic heterocycles. The van der Waals surface area contributed by atoms with Crippen molar-refractivity contribution in [3.8, 4) is 0 Å². The second-order valence-corrected chi connectivity index (χ2v) is 7.61. The van der Waals surface area contributed by atoms with Crippen molar-refractivity contribution in [1.82, 2.24) is 20.0 Å². The monoisotopic (exact) mass is 377 g/mol. The predicted molar refractivity (Wildman–Crippen MR) is 112 cm³/mol. The van der Waals surface area contributed by atoms with E-state index in [0.717, 1.165) is 49.7 Å². The number of aromatic nitrogens is 2. The SMILES string of the molecule is CCNC(=NCc1c(C)nn(CCOC)c1C)N1CCC(C(CC)CC)C1. The van der Waals surface area contributed by atoms with Gasteiger partial charge in [0, 0.05) is 38.0 Å². The maximum Gasteiger partial charge on any atom is 0.194 e. The Morgan fingerprint density at radius 3 is 2.67 bits per heavy atom. The zero-order valence-corrected chi connectivity index (χ0v) is 18.2. The van der Waals surface area contributed by atoms with Crippen LogP contribution >= 0.6 is 0 Å². The highest BCUT2D eigenvalue weighted by Gasteiger charge is 2.29. The Hall–Kier alpha value is -1.56. The number of aliphatic imine (C=N–C) groups is 1. The summed E-state index contributed by atoms with van der Waals surface area (Å²) in [7, 11) is 1.73. The first-order valence-electron chi connectivity index (χ1n) is 10.6. The fourth-order valence-electron chi connectivity index (χ4n) is 4.26. The Kier molecular flexibility index (Phi) is 8.61. The molecule has 0 aliphatic carbocycles. The second-order valence-electron chi connectivity index (χ2n) is 7.61. The summed E-state index contributed by atoms with van der Waals surface area (Å²) < 4.78 is 7.23. The van der Waals surface area contributed by atoms with Gasteiger partial charge in [0.05, 0.1) is 25.4 Å². The van der Waals surface area contributed by atoms with Gasteiger partial charge in [-0.3, -0.25) is 4.68 Å². The minimum atomic E-state index is 0.679. The number of nitrogens with zero attached hydrogens (tertiary/aromatic N) is 4. The van der Waals surface area contributed by atoms with Crippen molar-refractivity contribution in [2.75, 3.05) is 33.4 Å². The van der Waals surface area contributed by atoms with Gasteiger partial charge in [0.15, 0.2) is 5.96 Å². The molecule has 0 amide bonds. The van der Waals surface area contributed by atoms with E-state index in [-0.39, 0.29) is 0 Å². The van der Waals surface area contributed by atoms with Crippen LogP contribution in [0.25, 0.3) is 0 Å². The van der Waals surface area contributed by atoms with Gasteiger partial charge in [-0.1, -0.05) is 26.7 Å². The van der Waals surface area contributed by atoms with Crippen molar-refractivity contribution in [3.05, 3.63) is 17.0 Å². The molecule has 0 radical (unpaired) electrons. The summed E-state index contributed by atoms with van der Waals surface area (Å²) in [4.78, 5) is 7.42. The Balaban J connectivity index is 2.09. The summed E-state index contributed by atoms with van der Waals surface area (Å²) >= 11 is 0. The van der Waals surface area contributed by atoms with Gasteiger partial charge in [0.2, 0.25) is 0 Å². The molecule has 1 unspecified atom stereocenters. The van der Waals surface area contributed by atoms with Crippen molar-refractivity contribution in [2.24, 2.45) is 16.8 Å². The standard InChI is InChI=1S/C21H39N5O/c1-7-18(8-2)19-10-11-25(15-19)21(22-9-3)23-14-20-16(4)24-26(17(20)5)12-13-27-6/h18-19H,7-15H2,1-6H3,(H,22,23). The third-order valence-corrected chi connectivity index (χ3v) is 6.00. The van der Waals surface area contributed by atoms with Crippen LogP contribution in [0.3, 0.4) is 0 Å². The molecule has 0 spiro atoms. The summed E-state index contributed by atoms with van der Waals surface area (Å²) in [5.74, 6) is 2.68. The van der Waals surface area contributed by atoms with Crippen molar-refractivity contribution in [2.45, 2.75) is 67.0 Å². The molecule has 154 valence electrons. The van der Waals surface area contributed by atoms with Gasteiger partial charge in [0.1, 0.15) is 0 Å². The normalized spacial score (nSPS) is 18.0. The third kappa shape index (κ3) is 5.47. The quantitative estimate of drug-likeness (QED) is 0.529. The zero-order valence-electron chi connectivity index (χ0n) is 18.2. The molecule has 27 heavy (non-hydrogen) atoms. The smallest absolute Gasteiger partial charge is 0.194 e. The van der Waals surface area contributed by atoms with Gasteiger partial charge in [-0.15, -0.1) is 0 Å². The lowest BCUT2D eigenvalue weighted by atomic mass is 9.87. The van der Waals surface area contributed by atoms with E-state index in [1.165, 1.54) is 30.5 Å². The number of rotatable bonds is 9. The molecule has 1 aromatic rings. The van der Waals surface area contributed by atoms with Gasteiger partial charge in [-0.25, -0.2) is 4.99 Å². The first-order chi connectivity index (χ1) is 13.0. The molecule has 6 heteroatoms. The molecule has 1 fully saturated rings. The number of hydrogen-bond acceptors (Lipinski definition) is 3. The van der Waals surface area contributed by atoms with Crippen LogP contribution in [-0.4, -0.2) is 54.0 Å². The predicted octanol–water partition coefficient (Wildman–Crippen LogP) is 3.37. The summed E-state index contributed by atoms with van der Waals surface area (Å²) in [6, 6.07) is 0. The number of methoxy groups -OCH3 is 1. The topological polar surface area (TPSA) is 54.7 Å². The Labute approximate surface area is 165 Å². The summed E-state index contributed by atoms with van der Waals surface area (Å²) in [6.07, 6.45) is 3.84. The molecule has 1 aliphatic rings. The van der Waals surface area contributed by atoms with E-state index in [0.29, 0.717) is 13.2 Å². The zero-order chi connectivity index (χ0) is 19.8. The van der Waals surface area contributed by atoms with Crippen LogP contribution in [0, 0.1) is 25.7 Å². The van der Waals surface area contributed by atoms with Crippen LogP contribution in [0.15, 0.2) is 4.99 Å². The average Bonchev–Trinajstić information content (AvgIpc) is 3.24. The Morgan fingerprint density at radius 1 is 1.30 bits per heavy atom. The number of ether oxygens (including phenoxy) is 1. The number of nitrogens with one attached hydrogen (secondary N) is 1. The molecule has 0 bridgehead atoms. The van der Waals surface area contributed by atoms with Crippen molar-refractivity contribution in [3.63, 3.8) is 0 Å². The minimum absolute atomic E-state index is 0.679. The van der Waals surface area contributed by atoms with Gasteiger partial charge in [-0.2, -0.15) is 5.10 Å². The molecule has 0 saturated carbocycles. The molecule has 1 atom stereocenters. The van der Waals surface area contributed by atoms with Crippen molar-refractivity contribution >= 4 is 5.96 Å². The van der Waals surface area contributed by atoms with Crippen molar-refractivity contribution < 1.29 is 4.74 Å². The van der Waals surface area contributed by atoms with Gasteiger partial charge in [0.25, 0.3) is 0 Å². The van der Waals surface area contributed by atoms with Gasteiger partial charge < -0.3 is 15.0 Å². The number of guanidine groups is 1. The van der Waals surface area contributed by atoms with Crippen LogP contribution in [0.4, 0.5) is 0 Å². The fourth-order valence-corrected chi connectivity index (χ4v) is 4.26. The number of aryl methyl sites for hydroxylation is 1. The highest BCUT2D eigenvalue weighted by molar-refractivity contribution is 5.80. The Morgan fingerprint density at radius 2 is 2.04 bits per heavy atom. The summed E-state index contributed by atoms with van der Waals surface area (Å²) in [5.41, 5.74) is 3.50. The first kappa shape index (κ1) is 21.7. The van der Waals surface area contributed by atoms with E-state index < -0.39 is 0 Å².